The van der Waals surface area contributed by atoms with Crippen LogP contribution in [0.25, 0.3) is 0 Å². The molecule has 1 aromatic rings. The minimum Gasteiger partial charge on any atom is -0.351 e. The molecule has 1 saturated heterocycles. The zero-order valence-corrected chi connectivity index (χ0v) is 9.81. The van der Waals surface area contributed by atoms with Crippen molar-refractivity contribution in [2.45, 2.75) is 6.92 Å². The highest BCUT2D eigenvalue weighted by Gasteiger charge is 2.21. The molecule has 6 heteroatoms. The van der Waals surface area contributed by atoms with E-state index in [2.05, 4.69) is 14.9 Å². The molecule has 1 aromatic heterocycles. The third-order valence-corrected chi connectivity index (χ3v) is 2.93. The normalized spacial score (nSPS) is 16.4. The van der Waals surface area contributed by atoms with E-state index in [1.54, 1.807) is 19.3 Å². The van der Waals surface area contributed by atoms with Gasteiger partial charge in [-0.05, 0) is 0 Å². The van der Waals surface area contributed by atoms with Crippen LogP contribution in [0.4, 0.5) is 5.82 Å². The Bertz CT molecular complexity index is 390. The summed E-state index contributed by atoms with van der Waals surface area (Å²) in [7, 11) is 0. The standard InChI is InChI=1S/C10H13ClN4O/c1-8(16)14-4-6-15(7-5-14)10-9(11)12-2-3-13-10/h2-3H,4-7H2,1H3. The number of piperazine rings is 1. The van der Waals surface area contributed by atoms with Crippen LogP contribution in [0.5, 0.6) is 0 Å². The van der Waals surface area contributed by atoms with Crippen LogP contribution in [0.3, 0.4) is 0 Å². The number of carbonyl (C=O) groups is 1. The van der Waals surface area contributed by atoms with Gasteiger partial charge in [0.05, 0.1) is 0 Å². The van der Waals surface area contributed by atoms with Crippen molar-refractivity contribution in [3.05, 3.63) is 17.5 Å². The highest BCUT2D eigenvalue weighted by Crippen LogP contribution is 2.20. The van der Waals surface area contributed by atoms with Gasteiger partial charge in [-0.15, -0.1) is 0 Å². The minimum atomic E-state index is 0.116. The molecule has 2 heterocycles. The van der Waals surface area contributed by atoms with E-state index >= 15 is 0 Å². The van der Waals surface area contributed by atoms with Gasteiger partial charge >= 0.3 is 0 Å². The Kier molecular flexibility index (Phi) is 3.24. The van der Waals surface area contributed by atoms with Crippen molar-refractivity contribution < 1.29 is 4.79 Å². The van der Waals surface area contributed by atoms with Crippen LogP contribution >= 0.6 is 11.6 Å². The zero-order chi connectivity index (χ0) is 11.5. The predicted octanol–water partition coefficient (Wildman–Crippen LogP) is 0.798. The van der Waals surface area contributed by atoms with Gasteiger partial charge in [-0.25, -0.2) is 9.97 Å². The Morgan fingerprint density at radius 1 is 1.25 bits per heavy atom. The molecule has 2 rings (SSSR count). The monoisotopic (exact) mass is 240 g/mol. The van der Waals surface area contributed by atoms with Gasteiger partial charge < -0.3 is 9.80 Å². The fourth-order valence-corrected chi connectivity index (χ4v) is 1.98. The van der Waals surface area contributed by atoms with E-state index in [9.17, 15) is 4.79 Å². The average molecular weight is 241 g/mol. The van der Waals surface area contributed by atoms with Gasteiger partial charge in [0.1, 0.15) is 0 Å². The number of rotatable bonds is 1. The van der Waals surface area contributed by atoms with E-state index in [1.807, 2.05) is 4.90 Å². The van der Waals surface area contributed by atoms with Gasteiger partial charge in [-0.3, -0.25) is 4.79 Å². The summed E-state index contributed by atoms with van der Waals surface area (Å²) in [5, 5.41) is 0.416. The van der Waals surface area contributed by atoms with Gasteiger partial charge in [0, 0.05) is 45.5 Å². The number of anilines is 1. The molecule has 0 saturated carbocycles. The highest BCUT2D eigenvalue weighted by atomic mass is 35.5. The van der Waals surface area contributed by atoms with Gasteiger partial charge in [0.2, 0.25) is 5.91 Å². The van der Waals surface area contributed by atoms with Crippen LogP contribution in [0.15, 0.2) is 12.4 Å². The third kappa shape index (κ3) is 2.24. The fraction of sp³-hybridized carbons (Fsp3) is 0.500. The topological polar surface area (TPSA) is 49.3 Å². The first-order valence-corrected chi connectivity index (χ1v) is 5.53. The number of aromatic nitrogens is 2. The molecular formula is C10H13ClN4O. The molecule has 0 unspecified atom stereocenters. The Morgan fingerprint density at radius 2 is 1.88 bits per heavy atom. The second-order valence-electron chi connectivity index (χ2n) is 3.66. The number of hydrogen-bond donors (Lipinski definition) is 0. The van der Waals surface area contributed by atoms with E-state index in [0.717, 1.165) is 13.1 Å². The molecule has 1 aliphatic rings. The van der Waals surface area contributed by atoms with Crippen molar-refractivity contribution >= 4 is 23.3 Å². The maximum Gasteiger partial charge on any atom is 0.219 e. The molecule has 0 aromatic carbocycles. The summed E-state index contributed by atoms with van der Waals surface area (Å²) in [6.07, 6.45) is 3.19. The first-order valence-electron chi connectivity index (χ1n) is 5.15. The Morgan fingerprint density at radius 3 is 2.44 bits per heavy atom. The molecule has 1 aliphatic heterocycles. The fourth-order valence-electron chi connectivity index (χ4n) is 1.76. The molecule has 1 amide bonds. The summed E-state index contributed by atoms with van der Waals surface area (Å²) in [6, 6.07) is 0. The largest absolute Gasteiger partial charge is 0.351 e. The quantitative estimate of drug-likeness (QED) is 0.729. The first kappa shape index (κ1) is 11.1. The molecule has 86 valence electrons. The molecule has 0 bridgehead atoms. The van der Waals surface area contributed by atoms with E-state index in [1.165, 1.54) is 0 Å². The molecule has 0 atom stereocenters. The highest BCUT2D eigenvalue weighted by molar-refractivity contribution is 6.31. The smallest absolute Gasteiger partial charge is 0.219 e. The molecule has 0 spiro atoms. The van der Waals surface area contributed by atoms with E-state index < -0.39 is 0 Å². The number of halogens is 1. The van der Waals surface area contributed by atoms with Crippen LogP contribution in [0, 0.1) is 0 Å². The Labute approximate surface area is 99.0 Å². The van der Waals surface area contributed by atoms with Crippen LogP contribution in [0.1, 0.15) is 6.92 Å². The first-order chi connectivity index (χ1) is 7.68. The summed E-state index contributed by atoms with van der Waals surface area (Å²) in [5.74, 6) is 0.817. The van der Waals surface area contributed by atoms with Crippen LogP contribution < -0.4 is 4.90 Å². The lowest BCUT2D eigenvalue weighted by molar-refractivity contribution is -0.129. The van der Waals surface area contributed by atoms with Crippen molar-refractivity contribution in [3.8, 4) is 0 Å². The zero-order valence-electron chi connectivity index (χ0n) is 9.06. The van der Waals surface area contributed by atoms with E-state index in [4.69, 9.17) is 11.6 Å². The molecule has 16 heavy (non-hydrogen) atoms. The summed E-state index contributed by atoms with van der Waals surface area (Å²) in [5.41, 5.74) is 0. The Hall–Kier alpha value is -1.36. The van der Waals surface area contributed by atoms with Gasteiger partial charge in [-0.2, -0.15) is 0 Å². The Balaban J connectivity index is 2.05. The molecule has 0 aliphatic carbocycles. The second kappa shape index (κ2) is 4.65. The maximum absolute atomic E-state index is 11.2. The molecule has 0 N–H and O–H groups in total. The number of amides is 1. The van der Waals surface area contributed by atoms with Gasteiger partial charge in [0.25, 0.3) is 0 Å². The van der Waals surface area contributed by atoms with Gasteiger partial charge in [0.15, 0.2) is 11.0 Å². The van der Waals surface area contributed by atoms with Crippen LogP contribution in [-0.4, -0.2) is 47.0 Å². The molecular weight excluding hydrogens is 228 g/mol. The van der Waals surface area contributed by atoms with Crippen LogP contribution in [0.2, 0.25) is 5.15 Å². The lowest BCUT2D eigenvalue weighted by Crippen LogP contribution is -2.48. The van der Waals surface area contributed by atoms with Crippen molar-refractivity contribution in [1.82, 2.24) is 14.9 Å². The summed E-state index contributed by atoms with van der Waals surface area (Å²) >= 11 is 5.96. The lowest BCUT2D eigenvalue weighted by Gasteiger charge is -2.34. The third-order valence-electron chi connectivity index (χ3n) is 2.66. The van der Waals surface area contributed by atoms with Crippen molar-refractivity contribution in [3.63, 3.8) is 0 Å². The van der Waals surface area contributed by atoms with Crippen molar-refractivity contribution in [2.24, 2.45) is 0 Å². The van der Waals surface area contributed by atoms with Crippen LogP contribution in [-0.2, 0) is 4.79 Å². The number of carbonyl (C=O) groups excluding carboxylic acids is 1. The van der Waals surface area contributed by atoms with Gasteiger partial charge in [-0.1, -0.05) is 11.6 Å². The predicted molar refractivity (Wildman–Crippen MR) is 61.5 cm³/mol. The number of hydrogen-bond acceptors (Lipinski definition) is 4. The molecule has 1 fully saturated rings. The minimum absolute atomic E-state index is 0.116. The average Bonchev–Trinajstić information content (AvgIpc) is 2.30. The second-order valence-corrected chi connectivity index (χ2v) is 4.02. The molecule has 5 nitrogen and oxygen atoms in total. The van der Waals surface area contributed by atoms with Crippen molar-refractivity contribution in [2.75, 3.05) is 31.1 Å². The maximum atomic E-state index is 11.2. The van der Waals surface area contributed by atoms with Crippen molar-refractivity contribution in [1.29, 1.82) is 0 Å². The lowest BCUT2D eigenvalue weighted by atomic mass is 10.3. The SMILES string of the molecule is CC(=O)N1CCN(c2nccnc2Cl)CC1. The summed E-state index contributed by atoms with van der Waals surface area (Å²) in [6.45, 7) is 4.51. The van der Waals surface area contributed by atoms with E-state index in [-0.39, 0.29) is 5.91 Å². The number of nitrogens with zero attached hydrogens (tertiary/aromatic N) is 4. The summed E-state index contributed by atoms with van der Waals surface area (Å²) in [4.78, 5) is 23.2. The summed E-state index contributed by atoms with van der Waals surface area (Å²) < 4.78 is 0. The molecule has 0 radical (unpaired) electrons. The van der Waals surface area contributed by atoms with E-state index in [0.29, 0.717) is 24.1 Å².